The van der Waals surface area contributed by atoms with Gasteiger partial charge < -0.3 is 5.32 Å². The van der Waals surface area contributed by atoms with Crippen LogP contribution in [-0.4, -0.2) is 11.9 Å². The van der Waals surface area contributed by atoms with Gasteiger partial charge in [-0.3, -0.25) is 4.79 Å². The molecular weight excluding hydrogens is 188 g/mol. The van der Waals surface area contributed by atoms with Crippen molar-refractivity contribution in [2.45, 2.75) is 45.6 Å². The zero-order chi connectivity index (χ0) is 11.3. The van der Waals surface area contributed by atoms with E-state index in [2.05, 4.69) is 23.5 Å². The van der Waals surface area contributed by atoms with Gasteiger partial charge in [-0.1, -0.05) is 26.0 Å². The van der Waals surface area contributed by atoms with Crippen LogP contribution < -0.4 is 5.32 Å². The molecule has 0 atom stereocenters. The van der Waals surface area contributed by atoms with Crippen molar-refractivity contribution < 1.29 is 4.79 Å². The van der Waals surface area contributed by atoms with Crippen LogP contribution in [0.25, 0.3) is 0 Å². The highest BCUT2D eigenvalue weighted by Gasteiger charge is 2.35. The van der Waals surface area contributed by atoms with Crippen LogP contribution in [0.15, 0.2) is 12.2 Å². The summed E-state index contributed by atoms with van der Waals surface area (Å²) in [6, 6.07) is 2.35. The fraction of sp³-hybridized carbons (Fsp3) is 0.667. The van der Waals surface area contributed by atoms with Crippen molar-refractivity contribution in [3.05, 3.63) is 12.2 Å². The smallest absolute Gasteiger partial charge is 0.240 e. The third kappa shape index (κ3) is 2.38. The Morgan fingerprint density at radius 1 is 1.47 bits per heavy atom. The average molecular weight is 206 g/mol. The molecule has 0 spiro atoms. The number of nitrogens with one attached hydrogen (secondary N) is 1. The van der Waals surface area contributed by atoms with Crippen molar-refractivity contribution >= 4 is 5.91 Å². The number of carbonyl (C=O) groups is 1. The molecule has 0 radical (unpaired) electrons. The Bertz CT molecular complexity index is 289. The first-order chi connectivity index (χ1) is 7.18. The minimum Gasteiger partial charge on any atom is -0.351 e. The summed E-state index contributed by atoms with van der Waals surface area (Å²) >= 11 is 0. The minimum atomic E-state index is -0.831. The number of carbonyl (C=O) groups excluding carboxylic acids is 1. The van der Waals surface area contributed by atoms with Crippen LogP contribution in [0.1, 0.15) is 39.5 Å². The first-order valence-electron chi connectivity index (χ1n) is 5.55. The summed E-state index contributed by atoms with van der Waals surface area (Å²) in [6.45, 7) is 3.78. The van der Waals surface area contributed by atoms with Crippen LogP contribution in [0, 0.1) is 16.7 Å². The molecule has 1 N–H and O–H groups in total. The Morgan fingerprint density at radius 2 is 2.00 bits per heavy atom. The molecule has 82 valence electrons. The molecule has 0 unspecified atom stereocenters. The van der Waals surface area contributed by atoms with Crippen LogP contribution in [-0.2, 0) is 4.79 Å². The molecule has 0 heterocycles. The molecule has 0 aromatic carbocycles. The predicted octanol–water partition coefficient (Wildman–Crippen LogP) is 2.15. The van der Waals surface area contributed by atoms with E-state index >= 15 is 0 Å². The summed E-state index contributed by atoms with van der Waals surface area (Å²) < 4.78 is 0. The SMILES string of the molecule is CCC(C#N)(CC)C(=O)NC1CC=CC1. The average Bonchev–Trinajstić information content (AvgIpc) is 2.74. The van der Waals surface area contributed by atoms with E-state index in [4.69, 9.17) is 5.26 Å². The lowest BCUT2D eigenvalue weighted by Crippen LogP contribution is -2.43. The quantitative estimate of drug-likeness (QED) is 0.716. The molecule has 1 rings (SSSR count). The van der Waals surface area contributed by atoms with Gasteiger partial charge in [-0.15, -0.1) is 0 Å². The monoisotopic (exact) mass is 206 g/mol. The fourth-order valence-corrected chi connectivity index (χ4v) is 1.84. The predicted molar refractivity (Wildman–Crippen MR) is 58.9 cm³/mol. The summed E-state index contributed by atoms with van der Waals surface area (Å²) in [5, 5.41) is 12.0. The Labute approximate surface area is 91.2 Å². The zero-order valence-electron chi connectivity index (χ0n) is 9.42. The van der Waals surface area contributed by atoms with Gasteiger partial charge in [0.25, 0.3) is 0 Å². The maximum absolute atomic E-state index is 12.0. The minimum absolute atomic E-state index is 0.108. The highest BCUT2D eigenvalue weighted by molar-refractivity contribution is 5.85. The van der Waals surface area contributed by atoms with Gasteiger partial charge in [-0.25, -0.2) is 0 Å². The van der Waals surface area contributed by atoms with Gasteiger partial charge in [0.2, 0.25) is 5.91 Å². The van der Waals surface area contributed by atoms with E-state index in [1.54, 1.807) is 0 Å². The molecule has 0 fully saturated rings. The summed E-state index contributed by atoms with van der Waals surface area (Å²) in [7, 11) is 0. The summed E-state index contributed by atoms with van der Waals surface area (Å²) in [5.74, 6) is -0.108. The first-order valence-corrected chi connectivity index (χ1v) is 5.55. The van der Waals surface area contributed by atoms with E-state index in [9.17, 15) is 4.79 Å². The molecule has 0 saturated carbocycles. The molecule has 3 nitrogen and oxygen atoms in total. The second kappa shape index (κ2) is 4.97. The number of rotatable bonds is 4. The van der Waals surface area contributed by atoms with Gasteiger partial charge in [0, 0.05) is 6.04 Å². The Hall–Kier alpha value is -1.30. The highest BCUT2D eigenvalue weighted by Crippen LogP contribution is 2.26. The second-order valence-electron chi connectivity index (χ2n) is 4.01. The number of hydrogen-bond donors (Lipinski definition) is 1. The van der Waals surface area contributed by atoms with E-state index in [1.807, 2.05) is 13.8 Å². The molecule has 0 aliphatic heterocycles. The highest BCUT2D eigenvalue weighted by atomic mass is 16.2. The maximum Gasteiger partial charge on any atom is 0.240 e. The van der Waals surface area contributed by atoms with Crippen molar-refractivity contribution in [2.24, 2.45) is 5.41 Å². The number of hydrogen-bond acceptors (Lipinski definition) is 2. The Morgan fingerprint density at radius 3 is 2.40 bits per heavy atom. The standard InChI is InChI=1S/C12H18N2O/c1-3-12(4-2,9-13)11(15)14-10-7-5-6-8-10/h5-6,10H,3-4,7-8H2,1-2H3,(H,14,15). The molecule has 0 saturated heterocycles. The first kappa shape index (κ1) is 11.8. The van der Waals surface area contributed by atoms with Gasteiger partial charge in [-0.2, -0.15) is 5.26 Å². The maximum atomic E-state index is 12.0. The Balaban J connectivity index is 2.61. The lowest BCUT2D eigenvalue weighted by Gasteiger charge is -2.24. The van der Waals surface area contributed by atoms with Crippen molar-refractivity contribution in [1.82, 2.24) is 5.32 Å². The fourth-order valence-electron chi connectivity index (χ4n) is 1.84. The third-order valence-corrected chi connectivity index (χ3v) is 3.20. The second-order valence-corrected chi connectivity index (χ2v) is 4.01. The molecule has 1 aliphatic carbocycles. The largest absolute Gasteiger partial charge is 0.351 e. The van der Waals surface area contributed by atoms with Crippen molar-refractivity contribution in [2.75, 3.05) is 0 Å². The summed E-state index contributed by atoms with van der Waals surface area (Å²) in [4.78, 5) is 12.0. The normalized spacial score (nSPS) is 16.3. The summed E-state index contributed by atoms with van der Waals surface area (Å²) in [5.41, 5.74) is -0.831. The molecule has 1 amide bonds. The van der Waals surface area contributed by atoms with E-state index in [0.717, 1.165) is 12.8 Å². The lowest BCUT2D eigenvalue weighted by atomic mass is 9.83. The van der Waals surface area contributed by atoms with E-state index in [0.29, 0.717) is 12.8 Å². The van der Waals surface area contributed by atoms with Crippen LogP contribution in [0.3, 0.4) is 0 Å². The number of nitrogens with zero attached hydrogens (tertiary/aromatic N) is 1. The van der Waals surface area contributed by atoms with Crippen LogP contribution in [0.2, 0.25) is 0 Å². The van der Waals surface area contributed by atoms with Gasteiger partial charge in [0.15, 0.2) is 0 Å². The van der Waals surface area contributed by atoms with E-state index in [-0.39, 0.29) is 11.9 Å². The van der Waals surface area contributed by atoms with Crippen LogP contribution in [0.4, 0.5) is 0 Å². The summed E-state index contributed by atoms with van der Waals surface area (Å²) in [6.07, 6.45) is 7.06. The van der Waals surface area contributed by atoms with Crippen molar-refractivity contribution in [3.8, 4) is 6.07 Å². The van der Waals surface area contributed by atoms with Gasteiger partial charge >= 0.3 is 0 Å². The van der Waals surface area contributed by atoms with Gasteiger partial charge in [-0.05, 0) is 25.7 Å². The number of amides is 1. The number of nitriles is 1. The van der Waals surface area contributed by atoms with Crippen LogP contribution in [0.5, 0.6) is 0 Å². The third-order valence-electron chi connectivity index (χ3n) is 3.20. The van der Waals surface area contributed by atoms with Crippen molar-refractivity contribution in [3.63, 3.8) is 0 Å². The van der Waals surface area contributed by atoms with Gasteiger partial charge in [0.05, 0.1) is 6.07 Å². The zero-order valence-corrected chi connectivity index (χ0v) is 9.42. The molecule has 0 bridgehead atoms. The molecular formula is C12H18N2O. The van der Waals surface area contributed by atoms with Crippen molar-refractivity contribution in [1.29, 1.82) is 5.26 Å². The van der Waals surface area contributed by atoms with E-state index < -0.39 is 5.41 Å². The Kier molecular flexibility index (Phi) is 3.90. The molecule has 0 aromatic rings. The van der Waals surface area contributed by atoms with E-state index in [1.165, 1.54) is 0 Å². The molecule has 1 aliphatic rings. The molecule has 0 aromatic heterocycles. The lowest BCUT2D eigenvalue weighted by molar-refractivity contribution is -0.129. The van der Waals surface area contributed by atoms with Crippen LogP contribution >= 0.6 is 0 Å². The molecule has 15 heavy (non-hydrogen) atoms. The molecule has 3 heteroatoms. The van der Waals surface area contributed by atoms with Gasteiger partial charge in [0.1, 0.15) is 5.41 Å². The topological polar surface area (TPSA) is 52.9 Å².